The minimum atomic E-state index is 0.0617. The average Bonchev–Trinajstić information content (AvgIpc) is 2.40. The third-order valence-electron chi connectivity index (χ3n) is 3.29. The van der Waals surface area contributed by atoms with Crippen LogP contribution in [0.3, 0.4) is 0 Å². The summed E-state index contributed by atoms with van der Waals surface area (Å²) < 4.78 is 6.58. The molecule has 1 nitrogen and oxygen atoms in total. The van der Waals surface area contributed by atoms with Crippen molar-refractivity contribution in [1.29, 1.82) is 0 Å². The molecule has 0 heterocycles. The number of benzene rings is 2. The van der Waals surface area contributed by atoms with Gasteiger partial charge in [0, 0.05) is 15.1 Å². The molecule has 0 aliphatic rings. The van der Waals surface area contributed by atoms with E-state index in [1.165, 1.54) is 5.56 Å². The number of hydrogen-bond acceptors (Lipinski definition) is 1. The van der Waals surface area contributed by atoms with Crippen LogP contribution in [-0.4, -0.2) is 7.11 Å². The van der Waals surface area contributed by atoms with E-state index in [1.54, 1.807) is 7.11 Å². The van der Waals surface area contributed by atoms with Crippen molar-refractivity contribution in [3.63, 3.8) is 0 Å². The van der Waals surface area contributed by atoms with Crippen molar-refractivity contribution in [3.8, 4) is 5.75 Å². The Morgan fingerprint density at radius 1 is 1.05 bits per heavy atom. The lowest BCUT2D eigenvalue weighted by Gasteiger charge is -2.18. The lowest BCUT2D eigenvalue weighted by molar-refractivity contribution is 0.410. The van der Waals surface area contributed by atoms with Gasteiger partial charge in [0.1, 0.15) is 5.75 Å². The third-order valence-corrected chi connectivity index (χ3v) is 5.36. The highest BCUT2D eigenvalue weighted by molar-refractivity contribution is 9.10. The van der Waals surface area contributed by atoms with E-state index >= 15 is 0 Å². The average molecular weight is 419 g/mol. The highest BCUT2D eigenvalue weighted by Crippen LogP contribution is 2.40. The van der Waals surface area contributed by atoms with Crippen LogP contribution >= 0.6 is 43.5 Å². The normalized spacial score (nSPS) is 12.3. The van der Waals surface area contributed by atoms with E-state index in [9.17, 15) is 0 Å². The van der Waals surface area contributed by atoms with Gasteiger partial charge < -0.3 is 4.74 Å². The maximum Gasteiger partial charge on any atom is 0.123 e. The Morgan fingerprint density at radius 2 is 1.75 bits per heavy atom. The van der Waals surface area contributed by atoms with E-state index < -0.39 is 0 Å². The van der Waals surface area contributed by atoms with Crippen LogP contribution in [0.5, 0.6) is 5.75 Å². The molecule has 0 N–H and O–H groups in total. The van der Waals surface area contributed by atoms with Gasteiger partial charge in [0.2, 0.25) is 0 Å². The molecule has 0 saturated heterocycles. The van der Waals surface area contributed by atoms with E-state index in [-0.39, 0.29) is 4.83 Å². The SMILES string of the molecule is COc1cc(C)c(Br)cc1C(Br)c1ccc(Cl)cc1C. The molecule has 0 amide bonds. The molecule has 0 aromatic heterocycles. The zero-order valence-electron chi connectivity index (χ0n) is 11.5. The molecule has 2 aromatic carbocycles. The Hall–Kier alpha value is -0.510. The molecule has 2 aromatic rings. The number of hydrogen-bond donors (Lipinski definition) is 0. The standard InChI is InChI=1S/C16H15Br2ClO/c1-9-6-11(19)4-5-12(9)16(18)13-8-14(17)10(2)7-15(13)20-3/h4-8,16H,1-3H3. The highest BCUT2D eigenvalue weighted by atomic mass is 79.9. The summed E-state index contributed by atoms with van der Waals surface area (Å²) in [7, 11) is 1.70. The first-order chi connectivity index (χ1) is 9.43. The van der Waals surface area contributed by atoms with Gasteiger partial charge in [-0.25, -0.2) is 0 Å². The quantitative estimate of drug-likeness (QED) is 0.538. The molecule has 0 bridgehead atoms. The zero-order valence-corrected chi connectivity index (χ0v) is 15.4. The molecule has 0 aliphatic carbocycles. The number of rotatable bonds is 3. The molecule has 4 heteroatoms. The molecule has 1 atom stereocenters. The van der Waals surface area contributed by atoms with E-state index in [2.05, 4.69) is 44.8 Å². The lowest BCUT2D eigenvalue weighted by Crippen LogP contribution is -2.00. The fourth-order valence-corrected chi connectivity index (χ4v) is 3.60. The summed E-state index contributed by atoms with van der Waals surface area (Å²) in [5.74, 6) is 0.877. The number of halogens is 3. The van der Waals surface area contributed by atoms with Crippen LogP contribution in [0.25, 0.3) is 0 Å². The van der Waals surface area contributed by atoms with E-state index in [4.69, 9.17) is 16.3 Å². The van der Waals surface area contributed by atoms with E-state index in [0.29, 0.717) is 0 Å². The minimum absolute atomic E-state index is 0.0617. The Kier molecular flexibility index (Phi) is 5.16. The van der Waals surface area contributed by atoms with Gasteiger partial charge in [-0.15, -0.1) is 0 Å². The second-order valence-corrected chi connectivity index (χ2v) is 6.91. The van der Waals surface area contributed by atoms with Crippen molar-refractivity contribution in [2.75, 3.05) is 7.11 Å². The first kappa shape index (κ1) is 15.9. The first-order valence-electron chi connectivity index (χ1n) is 6.18. The van der Waals surface area contributed by atoms with Crippen LogP contribution in [-0.2, 0) is 0 Å². The Balaban J connectivity index is 2.52. The van der Waals surface area contributed by atoms with Crippen molar-refractivity contribution in [2.45, 2.75) is 18.7 Å². The Bertz CT molecular complexity index is 641. The Morgan fingerprint density at radius 3 is 2.35 bits per heavy atom. The van der Waals surface area contributed by atoms with E-state index in [0.717, 1.165) is 31.9 Å². The van der Waals surface area contributed by atoms with E-state index in [1.807, 2.05) is 31.2 Å². The summed E-state index contributed by atoms with van der Waals surface area (Å²) in [6.45, 7) is 4.11. The fourth-order valence-electron chi connectivity index (χ4n) is 2.14. The highest BCUT2D eigenvalue weighted by Gasteiger charge is 2.18. The van der Waals surface area contributed by atoms with Gasteiger partial charge in [-0.3, -0.25) is 0 Å². The first-order valence-corrected chi connectivity index (χ1v) is 8.27. The summed E-state index contributed by atoms with van der Waals surface area (Å²) in [5, 5.41) is 0.753. The molecule has 2 rings (SSSR count). The molecule has 0 saturated carbocycles. The van der Waals surface area contributed by atoms with Gasteiger partial charge in [0.15, 0.2) is 0 Å². The molecule has 0 spiro atoms. The fraction of sp³-hybridized carbons (Fsp3) is 0.250. The molecular weight excluding hydrogens is 403 g/mol. The largest absolute Gasteiger partial charge is 0.496 e. The number of methoxy groups -OCH3 is 1. The molecule has 20 heavy (non-hydrogen) atoms. The summed E-state index contributed by atoms with van der Waals surface area (Å²) in [4.78, 5) is 0.0617. The molecule has 1 unspecified atom stereocenters. The van der Waals surface area contributed by atoms with Gasteiger partial charge in [-0.2, -0.15) is 0 Å². The summed E-state index contributed by atoms with van der Waals surface area (Å²) in [6, 6.07) is 10.1. The summed E-state index contributed by atoms with van der Waals surface area (Å²) >= 11 is 13.4. The maximum absolute atomic E-state index is 6.02. The third kappa shape index (κ3) is 3.21. The second-order valence-electron chi connectivity index (χ2n) is 4.71. The smallest absolute Gasteiger partial charge is 0.123 e. The number of alkyl halides is 1. The van der Waals surface area contributed by atoms with Crippen LogP contribution < -0.4 is 4.74 Å². The second kappa shape index (κ2) is 6.50. The summed E-state index contributed by atoms with van der Waals surface area (Å²) in [6.07, 6.45) is 0. The number of aryl methyl sites for hydroxylation is 2. The van der Waals surface area contributed by atoms with Crippen molar-refractivity contribution < 1.29 is 4.74 Å². The predicted octanol–water partition coefficient (Wildman–Crippen LogP) is 6.21. The topological polar surface area (TPSA) is 9.23 Å². The van der Waals surface area contributed by atoms with Crippen LogP contribution in [0.1, 0.15) is 27.1 Å². The molecule has 106 valence electrons. The van der Waals surface area contributed by atoms with Crippen molar-refractivity contribution in [1.82, 2.24) is 0 Å². The zero-order chi connectivity index (χ0) is 14.9. The minimum Gasteiger partial charge on any atom is -0.496 e. The molecule has 0 fully saturated rings. The van der Waals surface area contributed by atoms with Gasteiger partial charge in [-0.1, -0.05) is 49.5 Å². The Labute approximate surface area is 141 Å². The van der Waals surface area contributed by atoms with Crippen molar-refractivity contribution in [2.24, 2.45) is 0 Å². The van der Waals surface area contributed by atoms with Gasteiger partial charge in [0.25, 0.3) is 0 Å². The van der Waals surface area contributed by atoms with Crippen LogP contribution in [0.2, 0.25) is 5.02 Å². The van der Waals surface area contributed by atoms with Gasteiger partial charge in [-0.05, 0) is 54.8 Å². The van der Waals surface area contributed by atoms with Gasteiger partial charge >= 0.3 is 0 Å². The van der Waals surface area contributed by atoms with Crippen LogP contribution in [0.4, 0.5) is 0 Å². The maximum atomic E-state index is 6.02. The number of ether oxygens (including phenoxy) is 1. The molecule has 0 aliphatic heterocycles. The van der Waals surface area contributed by atoms with Crippen molar-refractivity contribution in [3.05, 3.63) is 62.1 Å². The molecule has 0 radical (unpaired) electrons. The van der Waals surface area contributed by atoms with Crippen LogP contribution in [0, 0.1) is 13.8 Å². The van der Waals surface area contributed by atoms with Crippen molar-refractivity contribution >= 4 is 43.5 Å². The van der Waals surface area contributed by atoms with Crippen LogP contribution in [0.15, 0.2) is 34.8 Å². The lowest BCUT2D eigenvalue weighted by atomic mass is 9.99. The van der Waals surface area contributed by atoms with Gasteiger partial charge in [0.05, 0.1) is 11.9 Å². The monoisotopic (exact) mass is 416 g/mol. The summed E-state index contributed by atoms with van der Waals surface area (Å²) in [5.41, 5.74) is 4.58. The molecular formula is C16H15Br2ClO. The predicted molar refractivity (Wildman–Crippen MR) is 92.4 cm³/mol.